The van der Waals surface area contributed by atoms with Gasteiger partial charge in [0.1, 0.15) is 6.04 Å². The second-order valence-electron chi connectivity index (χ2n) is 9.86. The van der Waals surface area contributed by atoms with Gasteiger partial charge in [0.15, 0.2) is 11.5 Å². The first-order valence-corrected chi connectivity index (χ1v) is 14.9. The number of benzene rings is 2. The fraction of sp³-hybridized carbons (Fsp3) is 0.500. The third-order valence-corrected chi connectivity index (χ3v) is 7.55. The molecule has 1 aliphatic rings. The topological polar surface area (TPSA) is 105 Å². The van der Waals surface area contributed by atoms with Gasteiger partial charge in [-0.25, -0.2) is 8.42 Å². The molecule has 0 bridgehead atoms. The quantitative estimate of drug-likeness (QED) is 0.389. The molecule has 9 nitrogen and oxygen atoms in total. The third-order valence-electron chi connectivity index (χ3n) is 6.35. The lowest BCUT2D eigenvalue weighted by Gasteiger charge is -2.31. The molecule has 0 saturated heterocycles. The number of rotatable bonds is 14. The number of anilines is 1. The Morgan fingerprint density at radius 1 is 1.03 bits per heavy atom. The minimum Gasteiger partial charge on any atom is -0.454 e. The van der Waals surface area contributed by atoms with Crippen LogP contribution in [-0.4, -0.2) is 63.9 Å². The maximum atomic E-state index is 13.5. The van der Waals surface area contributed by atoms with Gasteiger partial charge < -0.3 is 19.7 Å². The summed E-state index contributed by atoms with van der Waals surface area (Å²) in [7, 11) is -3.60. The van der Waals surface area contributed by atoms with E-state index in [0.29, 0.717) is 55.5 Å². The number of carbonyl (C=O) groups is 2. The Kier molecular flexibility index (Phi) is 10.4. The van der Waals surface area contributed by atoms with Crippen molar-refractivity contribution in [1.82, 2.24) is 10.2 Å². The minimum atomic E-state index is -3.60. The first-order valence-electron chi connectivity index (χ1n) is 13.1. The summed E-state index contributed by atoms with van der Waals surface area (Å²) in [6.07, 6.45) is 2.65. The van der Waals surface area contributed by atoms with Gasteiger partial charge >= 0.3 is 0 Å². The first-order chi connectivity index (χ1) is 18.1. The Morgan fingerprint density at radius 3 is 2.39 bits per heavy atom. The normalized spacial score (nSPS) is 13.3. The number of sulfonamides is 1. The van der Waals surface area contributed by atoms with Crippen LogP contribution < -0.4 is 19.1 Å². The van der Waals surface area contributed by atoms with Gasteiger partial charge in [-0.05, 0) is 42.9 Å². The third kappa shape index (κ3) is 8.11. The number of carbonyl (C=O) groups excluding carboxylic acids is 2. The van der Waals surface area contributed by atoms with Gasteiger partial charge in [0, 0.05) is 32.1 Å². The second kappa shape index (κ2) is 13.5. The number of hydrogen-bond donors (Lipinski definition) is 1. The van der Waals surface area contributed by atoms with Gasteiger partial charge in [0.25, 0.3) is 0 Å². The predicted molar refractivity (Wildman–Crippen MR) is 148 cm³/mol. The number of fused-ring (bicyclic) bond motifs is 1. The summed E-state index contributed by atoms with van der Waals surface area (Å²) in [5, 5.41) is 2.96. The van der Waals surface area contributed by atoms with Crippen LogP contribution in [0.4, 0.5) is 5.69 Å². The van der Waals surface area contributed by atoms with E-state index in [0.717, 1.165) is 11.8 Å². The molecule has 208 valence electrons. The van der Waals surface area contributed by atoms with E-state index < -0.39 is 16.1 Å². The summed E-state index contributed by atoms with van der Waals surface area (Å²) in [6.45, 7) is 7.08. The molecule has 1 heterocycles. The molecule has 0 fully saturated rings. The minimum absolute atomic E-state index is 0.0916. The maximum Gasteiger partial charge on any atom is 0.242 e. The Bertz CT molecular complexity index is 1190. The van der Waals surface area contributed by atoms with Crippen molar-refractivity contribution in [2.45, 2.75) is 52.5 Å². The van der Waals surface area contributed by atoms with Gasteiger partial charge in [0.2, 0.25) is 28.6 Å². The fourth-order valence-electron chi connectivity index (χ4n) is 4.36. The van der Waals surface area contributed by atoms with Gasteiger partial charge in [0.05, 0.1) is 11.9 Å². The molecule has 0 aromatic heterocycles. The molecule has 0 radical (unpaired) electrons. The molecule has 2 amide bonds. The van der Waals surface area contributed by atoms with Crippen LogP contribution in [-0.2, 0) is 26.0 Å². The molecule has 1 atom stereocenters. The Labute approximate surface area is 226 Å². The maximum absolute atomic E-state index is 13.5. The average molecular weight is 546 g/mol. The van der Waals surface area contributed by atoms with Crippen LogP contribution in [0, 0.1) is 5.92 Å². The van der Waals surface area contributed by atoms with Crippen molar-refractivity contribution in [3.63, 3.8) is 0 Å². The zero-order chi connectivity index (χ0) is 27.7. The molecule has 1 N–H and O–H groups in total. The molecule has 0 aliphatic carbocycles. The second-order valence-corrected chi connectivity index (χ2v) is 11.8. The van der Waals surface area contributed by atoms with Gasteiger partial charge in [-0.15, -0.1) is 0 Å². The molecule has 0 spiro atoms. The van der Waals surface area contributed by atoms with Crippen molar-refractivity contribution in [2.75, 3.05) is 37.0 Å². The van der Waals surface area contributed by atoms with E-state index in [2.05, 4.69) is 5.32 Å². The zero-order valence-corrected chi connectivity index (χ0v) is 23.5. The summed E-state index contributed by atoms with van der Waals surface area (Å²) in [5.74, 6) is 1.00. The predicted octanol–water partition coefficient (Wildman–Crippen LogP) is 3.58. The summed E-state index contributed by atoms with van der Waals surface area (Å²) in [5.41, 5.74) is 1.53. The van der Waals surface area contributed by atoms with Crippen LogP contribution in [0.15, 0.2) is 48.5 Å². The summed E-state index contributed by atoms with van der Waals surface area (Å²) < 4.78 is 37.1. The molecule has 10 heteroatoms. The van der Waals surface area contributed by atoms with Crippen molar-refractivity contribution < 1.29 is 27.5 Å². The van der Waals surface area contributed by atoms with Crippen LogP contribution in [0.1, 0.15) is 45.6 Å². The molecule has 1 aliphatic heterocycles. The molecule has 3 rings (SSSR count). The summed E-state index contributed by atoms with van der Waals surface area (Å²) in [4.78, 5) is 28.1. The molecule has 38 heavy (non-hydrogen) atoms. The molecule has 0 unspecified atom stereocenters. The number of hydrogen-bond acceptors (Lipinski definition) is 6. The van der Waals surface area contributed by atoms with Crippen molar-refractivity contribution in [3.8, 4) is 11.5 Å². The van der Waals surface area contributed by atoms with E-state index in [1.165, 1.54) is 4.31 Å². The van der Waals surface area contributed by atoms with Crippen LogP contribution in [0.5, 0.6) is 11.5 Å². The lowest BCUT2D eigenvalue weighted by atomic mass is 10.1. The highest BCUT2D eigenvalue weighted by atomic mass is 32.2. The van der Waals surface area contributed by atoms with Gasteiger partial charge in [-0.3, -0.25) is 13.9 Å². The van der Waals surface area contributed by atoms with Crippen LogP contribution >= 0.6 is 0 Å². The van der Waals surface area contributed by atoms with Crippen molar-refractivity contribution in [1.29, 1.82) is 0 Å². The highest BCUT2D eigenvalue weighted by molar-refractivity contribution is 7.92. The average Bonchev–Trinajstić information content (AvgIpc) is 3.35. The first kappa shape index (κ1) is 29.3. The number of nitrogens with one attached hydrogen (secondary N) is 1. The highest BCUT2D eigenvalue weighted by Crippen LogP contribution is 2.36. The SMILES string of the molecule is CC[C@H](C(=O)NCC(C)C)N(CCc1ccccc1)C(=O)CCCN(c1ccc2c(c1)OCO2)S(C)(=O)=O. The van der Waals surface area contributed by atoms with Crippen molar-refractivity contribution in [2.24, 2.45) is 5.92 Å². The number of amides is 2. The monoisotopic (exact) mass is 545 g/mol. The van der Waals surface area contributed by atoms with E-state index in [9.17, 15) is 18.0 Å². The van der Waals surface area contributed by atoms with Crippen LogP contribution in [0.25, 0.3) is 0 Å². The molecule has 2 aromatic rings. The van der Waals surface area contributed by atoms with E-state index in [4.69, 9.17) is 9.47 Å². The molecular weight excluding hydrogens is 506 g/mol. The largest absolute Gasteiger partial charge is 0.454 e. The Morgan fingerprint density at radius 2 is 1.74 bits per heavy atom. The Hall–Kier alpha value is -3.27. The Balaban J connectivity index is 1.71. The van der Waals surface area contributed by atoms with E-state index in [1.54, 1.807) is 23.1 Å². The standard InChI is InChI=1S/C28H39N3O6S/c1-5-24(28(33)29-19-21(2)3)30(17-15-22-10-7-6-8-11-22)27(32)12-9-16-31(38(4,34)35)23-13-14-25-26(18-23)37-20-36-25/h6-8,10-11,13-14,18,21,24H,5,9,12,15-17,19-20H2,1-4H3,(H,29,33)/t24-/m1/s1. The molecule has 2 aromatic carbocycles. The number of ether oxygens (including phenoxy) is 2. The molecular formula is C28H39N3O6S. The van der Waals surface area contributed by atoms with Gasteiger partial charge in [-0.1, -0.05) is 51.1 Å². The smallest absolute Gasteiger partial charge is 0.242 e. The van der Waals surface area contributed by atoms with E-state index >= 15 is 0 Å². The number of nitrogens with zero attached hydrogens (tertiary/aromatic N) is 2. The van der Waals surface area contributed by atoms with Crippen LogP contribution in [0.3, 0.4) is 0 Å². The van der Waals surface area contributed by atoms with Crippen molar-refractivity contribution in [3.05, 3.63) is 54.1 Å². The van der Waals surface area contributed by atoms with Crippen LogP contribution in [0.2, 0.25) is 0 Å². The summed E-state index contributed by atoms with van der Waals surface area (Å²) in [6, 6.07) is 14.2. The lowest BCUT2D eigenvalue weighted by molar-refractivity contribution is -0.140. The lowest BCUT2D eigenvalue weighted by Crippen LogP contribution is -2.50. The zero-order valence-electron chi connectivity index (χ0n) is 22.7. The highest BCUT2D eigenvalue weighted by Gasteiger charge is 2.29. The van der Waals surface area contributed by atoms with E-state index in [1.807, 2.05) is 51.1 Å². The molecule has 0 saturated carbocycles. The summed E-state index contributed by atoms with van der Waals surface area (Å²) >= 11 is 0. The van der Waals surface area contributed by atoms with Gasteiger partial charge in [-0.2, -0.15) is 0 Å². The fourth-order valence-corrected chi connectivity index (χ4v) is 5.32. The van der Waals surface area contributed by atoms with Crippen molar-refractivity contribution >= 4 is 27.5 Å². The van der Waals surface area contributed by atoms with E-state index in [-0.39, 0.29) is 31.6 Å².